The molecule has 0 bridgehead atoms. The maximum atomic E-state index is 13.6. The number of amides is 2. The van der Waals surface area contributed by atoms with Gasteiger partial charge in [-0.2, -0.15) is 0 Å². The highest BCUT2D eigenvalue weighted by Gasteiger charge is 2.46. The first-order chi connectivity index (χ1) is 18.9. The minimum atomic E-state index is -2.75. The number of hydrogen-bond acceptors (Lipinski definition) is 8. The molecule has 3 aromatic carbocycles. The minimum absolute atomic E-state index is 0.000576. The smallest absolute Gasteiger partial charge is 0.259 e. The largest absolute Gasteiger partial charge is 0.495 e. The number of rotatable bonds is 7. The zero-order chi connectivity index (χ0) is 29.2. The summed E-state index contributed by atoms with van der Waals surface area (Å²) in [5, 5.41) is 37.1. The number of carbonyl (C=O) groups is 2. The Bertz CT molecular complexity index is 1410. The molecule has 5 atom stereocenters. The molecule has 1 aliphatic rings. The summed E-state index contributed by atoms with van der Waals surface area (Å²) in [7, 11) is -2.75. The van der Waals surface area contributed by atoms with Gasteiger partial charge in [-0.1, -0.05) is 34.1 Å². The summed E-state index contributed by atoms with van der Waals surface area (Å²) < 4.78 is 39.7. The van der Waals surface area contributed by atoms with E-state index >= 15 is 0 Å². The molecule has 0 aromatic heterocycles. The lowest BCUT2D eigenvalue weighted by Crippen LogP contribution is -2.65. The second-order valence-corrected chi connectivity index (χ2v) is 9.36. The lowest BCUT2D eigenvalue weighted by molar-refractivity contribution is -0.244. The molecule has 37 heavy (non-hydrogen) atoms. The van der Waals surface area contributed by atoms with Gasteiger partial charge in [-0.25, -0.2) is 0 Å². The number of aliphatic hydroxyl groups excluding tert-OH is 3. The number of methoxy groups -OCH3 is 1. The zero-order valence-corrected chi connectivity index (χ0v) is 21.1. The molecule has 0 unspecified atom stereocenters. The van der Waals surface area contributed by atoms with Gasteiger partial charge in [-0.3, -0.25) is 9.59 Å². The van der Waals surface area contributed by atoms with Gasteiger partial charge in [0.1, 0.15) is 35.9 Å². The molecule has 4 rings (SSSR count). The molecule has 0 aliphatic carbocycles. The standard InChI is InChI=1S/C26H27BrN2O8/c1-13(31)28-22-24(33)23(32)21(12-30)37-26(22)36-20-11-14-7-8-16(27)9-15(14)10-17(20)25(34)29-18-5-3-4-6-19(18)35-2/h3-11,21-24,26,30,32-33H,12H2,1-2H3,(H,28,31)(H,29,34)/t21-,22-,23-,24-,26-/m1/s1/i2D3. The lowest BCUT2D eigenvalue weighted by Gasteiger charge is -2.42. The van der Waals surface area contributed by atoms with Crippen LogP contribution in [0.5, 0.6) is 11.5 Å². The molecule has 2 amide bonds. The Labute approximate surface area is 225 Å². The van der Waals surface area contributed by atoms with Crippen LogP contribution in [0.15, 0.2) is 59.1 Å². The quantitative estimate of drug-likeness (QED) is 0.287. The summed E-state index contributed by atoms with van der Waals surface area (Å²) in [6, 6.07) is 13.2. The Kier molecular flexibility index (Phi) is 7.10. The van der Waals surface area contributed by atoms with Crippen molar-refractivity contribution >= 4 is 44.2 Å². The molecule has 1 aliphatic heterocycles. The SMILES string of the molecule is [2H]C([2H])([2H])Oc1ccccc1NC(=O)c1cc2cc(Br)ccc2cc1O[C@@H]1O[C@H](CO)[C@@H](O)[C@H](O)[C@H]1NC(C)=O. The van der Waals surface area contributed by atoms with E-state index in [4.69, 9.17) is 18.3 Å². The van der Waals surface area contributed by atoms with Crippen molar-refractivity contribution in [3.05, 3.63) is 64.6 Å². The average molecular weight is 578 g/mol. The van der Waals surface area contributed by atoms with Crippen molar-refractivity contribution in [2.45, 2.75) is 37.6 Å². The molecule has 0 saturated carbocycles. The third-order valence-electron chi connectivity index (χ3n) is 5.88. The molecule has 1 fully saturated rings. The van der Waals surface area contributed by atoms with Crippen LogP contribution in [0.2, 0.25) is 0 Å². The first-order valence-electron chi connectivity index (χ1n) is 12.7. The highest BCUT2D eigenvalue weighted by Crippen LogP contribution is 2.33. The second-order valence-electron chi connectivity index (χ2n) is 8.44. The van der Waals surface area contributed by atoms with Crippen LogP contribution in [0.4, 0.5) is 5.69 Å². The number of hydrogen-bond donors (Lipinski definition) is 5. The molecule has 11 heteroatoms. The van der Waals surface area contributed by atoms with Crippen LogP contribution in [0.25, 0.3) is 10.8 Å². The molecule has 1 saturated heterocycles. The summed E-state index contributed by atoms with van der Waals surface area (Å²) in [5.41, 5.74) is 0.0912. The van der Waals surface area contributed by atoms with E-state index < -0.39 is 56.1 Å². The van der Waals surface area contributed by atoms with Crippen LogP contribution in [-0.4, -0.2) is 71.4 Å². The van der Waals surface area contributed by atoms with Crippen molar-refractivity contribution in [1.82, 2.24) is 5.32 Å². The topological polar surface area (TPSA) is 147 Å². The third kappa shape index (κ3) is 5.86. The monoisotopic (exact) mass is 577 g/mol. The summed E-state index contributed by atoms with van der Waals surface area (Å²) in [6.45, 7) is 0.560. The zero-order valence-electron chi connectivity index (χ0n) is 22.6. The Morgan fingerprint density at radius 2 is 1.86 bits per heavy atom. The van der Waals surface area contributed by atoms with Crippen molar-refractivity contribution in [2.24, 2.45) is 0 Å². The Balaban J connectivity index is 1.74. The van der Waals surface area contributed by atoms with Gasteiger partial charge in [0, 0.05) is 11.4 Å². The van der Waals surface area contributed by atoms with Crippen LogP contribution in [0, 0.1) is 0 Å². The van der Waals surface area contributed by atoms with Gasteiger partial charge < -0.3 is 40.2 Å². The van der Waals surface area contributed by atoms with Gasteiger partial charge in [-0.05, 0) is 47.2 Å². The molecule has 10 nitrogen and oxygen atoms in total. The maximum Gasteiger partial charge on any atom is 0.259 e. The number of aliphatic hydroxyl groups is 3. The van der Waals surface area contributed by atoms with Crippen molar-refractivity contribution in [2.75, 3.05) is 19.0 Å². The first kappa shape index (κ1) is 22.9. The highest BCUT2D eigenvalue weighted by molar-refractivity contribution is 9.10. The molecule has 0 spiro atoms. The fourth-order valence-corrected chi connectivity index (χ4v) is 4.45. The fourth-order valence-electron chi connectivity index (χ4n) is 4.07. The minimum Gasteiger partial charge on any atom is -0.495 e. The van der Waals surface area contributed by atoms with Gasteiger partial charge in [-0.15, -0.1) is 0 Å². The summed E-state index contributed by atoms with van der Waals surface area (Å²) in [5.74, 6) is -1.32. The second kappa shape index (κ2) is 11.4. The molecule has 5 N–H and O–H groups in total. The number of benzene rings is 3. The summed E-state index contributed by atoms with van der Waals surface area (Å²) in [6.07, 6.45) is -5.72. The average Bonchev–Trinajstić information content (AvgIpc) is 2.88. The summed E-state index contributed by atoms with van der Waals surface area (Å²) in [4.78, 5) is 25.4. The Hall–Kier alpha value is -3.22. The van der Waals surface area contributed by atoms with Gasteiger partial charge >= 0.3 is 0 Å². The molecule has 3 aromatic rings. The van der Waals surface area contributed by atoms with Crippen LogP contribution in [0.3, 0.4) is 0 Å². The van der Waals surface area contributed by atoms with Gasteiger partial charge in [0.25, 0.3) is 5.91 Å². The summed E-state index contributed by atoms with van der Waals surface area (Å²) >= 11 is 3.40. The highest BCUT2D eigenvalue weighted by atomic mass is 79.9. The van der Waals surface area contributed by atoms with Crippen LogP contribution in [0.1, 0.15) is 21.4 Å². The lowest BCUT2D eigenvalue weighted by atomic mass is 9.96. The van der Waals surface area contributed by atoms with E-state index in [9.17, 15) is 24.9 Å². The molecule has 0 radical (unpaired) electrons. The van der Waals surface area contributed by atoms with Gasteiger partial charge in [0.2, 0.25) is 12.2 Å². The van der Waals surface area contributed by atoms with Gasteiger partial charge in [0.15, 0.2) is 0 Å². The van der Waals surface area contributed by atoms with Crippen molar-refractivity contribution in [3.63, 3.8) is 0 Å². The van der Waals surface area contributed by atoms with E-state index in [1.165, 1.54) is 19.1 Å². The normalized spacial score (nSPS) is 24.9. The van der Waals surface area contributed by atoms with Crippen molar-refractivity contribution < 1.29 is 43.2 Å². The number of ether oxygens (including phenoxy) is 3. The van der Waals surface area contributed by atoms with Crippen LogP contribution < -0.4 is 20.1 Å². The Morgan fingerprint density at radius 1 is 1.08 bits per heavy atom. The van der Waals surface area contributed by atoms with E-state index in [-0.39, 0.29) is 22.7 Å². The van der Waals surface area contributed by atoms with Crippen LogP contribution in [-0.2, 0) is 9.53 Å². The molecular weight excluding hydrogens is 548 g/mol. The number of fused-ring (bicyclic) bond motifs is 1. The number of anilines is 1. The van der Waals surface area contributed by atoms with E-state index in [0.29, 0.717) is 10.8 Å². The molecule has 1 heterocycles. The van der Waals surface area contributed by atoms with Crippen molar-refractivity contribution in [1.29, 1.82) is 0 Å². The molecular formula is C26H27BrN2O8. The number of nitrogens with one attached hydrogen (secondary N) is 2. The number of halogens is 1. The predicted octanol–water partition coefficient (Wildman–Crippen LogP) is 2.19. The fraction of sp³-hybridized carbons (Fsp3) is 0.308. The van der Waals surface area contributed by atoms with E-state index in [1.807, 2.05) is 0 Å². The predicted molar refractivity (Wildman–Crippen MR) is 139 cm³/mol. The number of carbonyl (C=O) groups excluding carboxylic acids is 2. The van der Waals surface area contributed by atoms with Crippen molar-refractivity contribution in [3.8, 4) is 11.5 Å². The number of para-hydroxylation sites is 2. The molecule has 196 valence electrons. The van der Waals surface area contributed by atoms with E-state index in [1.54, 1.807) is 42.5 Å². The van der Waals surface area contributed by atoms with Crippen LogP contribution >= 0.6 is 15.9 Å². The third-order valence-corrected chi connectivity index (χ3v) is 6.38. The first-order valence-corrected chi connectivity index (χ1v) is 12.0. The van der Waals surface area contributed by atoms with Gasteiger partial charge in [0.05, 0.1) is 29.0 Å². The maximum absolute atomic E-state index is 13.6. The van der Waals surface area contributed by atoms with E-state index in [2.05, 4.69) is 26.6 Å². The van der Waals surface area contributed by atoms with E-state index in [0.717, 1.165) is 4.47 Å². The Morgan fingerprint density at radius 3 is 2.59 bits per heavy atom.